The summed E-state index contributed by atoms with van der Waals surface area (Å²) in [5, 5.41) is 12.1. The molecule has 2 nitrogen and oxygen atoms in total. The summed E-state index contributed by atoms with van der Waals surface area (Å²) in [5.74, 6) is 0.594. The lowest BCUT2D eigenvalue weighted by Gasteiger charge is -2.19. The second kappa shape index (κ2) is 4.14. The van der Waals surface area contributed by atoms with Crippen LogP contribution >= 0.6 is 0 Å². The fourth-order valence-electron chi connectivity index (χ4n) is 1.97. The van der Waals surface area contributed by atoms with Gasteiger partial charge in [0.05, 0.1) is 0 Å². The van der Waals surface area contributed by atoms with Crippen molar-refractivity contribution in [2.75, 3.05) is 0 Å². The Balaban J connectivity index is 2.70. The average molecular weight is 215 g/mol. The molecule has 0 radical (unpaired) electrons. The Morgan fingerprint density at radius 1 is 1.06 bits per heavy atom. The molecule has 0 spiro atoms. The van der Waals surface area contributed by atoms with E-state index in [1.54, 1.807) is 6.07 Å². The highest BCUT2D eigenvalue weighted by atomic mass is 16.3. The summed E-state index contributed by atoms with van der Waals surface area (Å²) in [6.07, 6.45) is 0. The molecule has 2 aromatic rings. The van der Waals surface area contributed by atoms with E-state index in [1.807, 2.05) is 30.3 Å². The maximum atomic E-state index is 9.95. The van der Waals surface area contributed by atoms with Crippen molar-refractivity contribution in [2.45, 2.75) is 19.9 Å². The van der Waals surface area contributed by atoms with Crippen molar-refractivity contribution < 1.29 is 5.11 Å². The highest BCUT2D eigenvalue weighted by Gasteiger charge is 2.17. The molecule has 3 N–H and O–H groups in total. The minimum absolute atomic E-state index is 0.133. The third-order valence-corrected chi connectivity index (χ3v) is 3.00. The van der Waals surface area contributed by atoms with Crippen LogP contribution in [-0.2, 0) is 0 Å². The maximum absolute atomic E-state index is 9.95. The van der Waals surface area contributed by atoms with Crippen LogP contribution in [0.1, 0.15) is 25.5 Å². The molecule has 0 aliphatic carbocycles. The van der Waals surface area contributed by atoms with E-state index in [0.717, 1.165) is 16.3 Å². The normalized spacial score (nSPS) is 13.2. The molecule has 84 valence electrons. The van der Waals surface area contributed by atoms with Gasteiger partial charge in [0, 0.05) is 11.6 Å². The predicted octanol–water partition coefficient (Wildman–Crippen LogP) is 3.20. The van der Waals surface area contributed by atoms with E-state index in [-0.39, 0.29) is 6.04 Å². The van der Waals surface area contributed by atoms with E-state index in [9.17, 15) is 5.11 Å². The van der Waals surface area contributed by atoms with Crippen molar-refractivity contribution in [1.29, 1.82) is 0 Å². The topological polar surface area (TPSA) is 46.2 Å². The standard InChI is InChI=1S/C14H17NO/c1-9(2)14(15)13-11-6-4-3-5-10(11)7-8-12(13)16/h3-9,14,16H,15H2,1-2H3/t14-/m0/s1. The van der Waals surface area contributed by atoms with E-state index in [2.05, 4.69) is 13.8 Å². The summed E-state index contributed by atoms with van der Waals surface area (Å²) < 4.78 is 0. The number of hydrogen-bond acceptors (Lipinski definition) is 2. The number of hydrogen-bond donors (Lipinski definition) is 2. The Morgan fingerprint density at radius 2 is 1.75 bits per heavy atom. The third kappa shape index (κ3) is 1.76. The highest BCUT2D eigenvalue weighted by molar-refractivity contribution is 5.88. The fourth-order valence-corrected chi connectivity index (χ4v) is 1.97. The van der Waals surface area contributed by atoms with E-state index in [1.165, 1.54) is 0 Å². The summed E-state index contributed by atoms with van der Waals surface area (Å²) in [6, 6.07) is 11.5. The van der Waals surface area contributed by atoms with Crippen LogP contribution in [0.15, 0.2) is 36.4 Å². The smallest absolute Gasteiger partial charge is 0.120 e. The van der Waals surface area contributed by atoms with Crippen LogP contribution in [0.3, 0.4) is 0 Å². The fraction of sp³-hybridized carbons (Fsp3) is 0.286. The van der Waals surface area contributed by atoms with Crippen LogP contribution in [0.25, 0.3) is 10.8 Å². The van der Waals surface area contributed by atoms with Crippen LogP contribution in [0.2, 0.25) is 0 Å². The third-order valence-electron chi connectivity index (χ3n) is 3.00. The second-order valence-corrected chi connectivity index (χ2v) is 4.49. The van der Waals surface area contributed by atoms with Crippen LogP contribution < -0.4 is 5.73 Å². The number of phenolic OH excluding ortho intramolecular Hbond substituents is 1. The first kappa shape index (κ1) is 11.0. The SMILES string of the molecule is CC(C)[C@H](N)c1c(O)ccc2ccccc12. The number of aromatic hydroxyl groups is 1. The van der Waals surface area contributed by atoms with Crippen molar-refractivity contribution >= 4 is 10.8 Å². The van der Waals surface area contributed by atoms with Crippen LogP contribution in [-0.4, -0.2) is 5.11 Å². The molecule has 16 heavy (non-hydrogen) atoms. The predicted molar refractivity (Wildman–Crippen MR) is 67.4 cm³/mol. The van der Waals surface area contributed by atoms with Gasteiger partial charge in [0.25, 0.3) is 0 Å². The molecule has 0 aliphatic heterocycles. The molecule has 0 amide bonds. The van der Waals surface area contributed by atoms with E-state index in [0.29, 0.717) is 11.7 Å². The lowest BCUT2D eigenvalue weighted by Crippen LogP contribution is -2.17. The number of benzene rings is 2. The molecule has 0 fully saturated rings. The molecule has 1 atom stereocenters. The lowest BCUT2D eigenvalue weighted by molar-refractivity contribution is 0.442. The van der Waals surface area contributed by atoms with E-state index in [4.69, 9.17) is 5.73 Å². The van der Waals surface area contributed by atoms with E-state index < -0.39 is 0 Å². The molecule has 0 saturated carbocycles. The molecule has 2 rings (SSSR count). The molecule has 0 saturated heterocycles. The summed E-state index contributed by atoms with van der Waals surface area (Å²) in [7, 11) is 0. The zero-order valence-corrected chi connectivity index (χ0v) is 9.64. The van der Waals surface area contributed by atoms with Gasteiger partial charge in [-0.1, -0.05) is 44.2 Å². The van der Waals surface area contributed by atoms with Crippen LogP contribution in [0.5, 0.6) is 5.75 Å². The summed E-state index contributed by atoms with van der Waals surface area (Å²) in [5.41, 5.74) is 7.00. The minimum Gasteiger partial charge on any atom is -0.508 e. The summed E-state index contributed by atoms with van der Waals surface area (Å²) >= 11 is 0. The number of fused-ring (bicyclic) bond motifs is 1. The van der Waals surface area contributed by atoms with Crippen molar-refractivity contribution in [3.05, 3.63) is 42.0 Å². The van der Waals surface area contributed by atoms with Crippen LogP contribution in [0, 0.1) is 5.92 Å². The Labute approximate surface area is 95.7 Å². The quantitative estimate of drug-likeness (QED) is 0.808. The van der Waals surface area contributed by atoms with Gasteiger partial charge in [-0.05, 0) is 22.8 Å². The van der Waals surface area contributed by atoms with Gasteiger partial charge < -0.3 is 10.8 Å². The molecule has 0 aliphatic rings. The molecular formula is C14H17NO. The molecule has 2 heteroatoms. The van der Waals surface area contributed by atoms with Gasteiger partial charge >= 0.3 is 0 Å². The number of nitrogens with two attached hydrogens (primary N) is 1. The Bertz CT molecular complexity index is 505. The summed E-state index contributed by atoms with van der Waals surface area (Å²) in [6.45, 7) is 4.12. The Morgan fingerprint density at radius 3 is 2.44 bits per heavy atom. The van der Waals surface area contributed by atoms with Crippen molar-refractivity contribution in [1.82, 2.24) is 0 Å². The van der Waals surface area contributed by atoms with Crippen molar-refractivity contribution in [3.63, 3.8) is 0 Å². The van der Waals surface area contributed by atoms with Gasteiger partial charge in [-0.3, -0.25) is 0 Å². The molecular weight excluding hydrogens is 198 g/mol. The number of phenols is 1. The van der Waals surface area contributed by atoms with Gasteiger partial charge in [-0.25, -0.2) is 0 Å². The first-order chi connectivity index (χ1) is 7.61. The van der Waals surface area contributed by atoms with Crippen LogP contribution in [0.4, 0.5) is 0 Å². The molecule has 0 heterocycles. The molecule has 0 unspecified atom stereocenters. The monoisotopic (exact) mass is 215 g/mol. The Hall–Kier alpha value is -1.54. The van der Waals surface area contributed by atoms with Gasteiger partial charge in [0.15, 0.2) is 0 Å². The molecule has 0 bridgehead atoms. The van der Waals surface area contributed by atoms with E-state index >= 15 is 0 Å². The van der Waals surface area contributed by atoms with Gasteiger partial charge in [0.1, 0.15) is 5.75 Å². The zero-order chi connectivity index (χ0) is 11.7. The first-order valence-corrected chi connectivity index (χ1v) is 5.57. The molecule has 0 aromatic heterocycles. The first-order valence-electron chi connectivity index (χ1n) is 5.57. The van der Waals surface area contributed by atoms with Gasteiger partial charge in [0.2, 0.25) is 0 Å². The molecule has 2 aromatic carbocycles. The minimum atomic E-state index is -0.133. The summed E-state index contributed by atoms with van der Waals surface area (Å²) in [4.78, 5) is 0. The van der Waals surface area contributed by atoms with Crippen molar-refractivity contribution in [2.24, 2.45) is 11.7 Å². The van der Waals surface area contributed by atoms with Crippen molar-refractivity contribution in [3.8, 4) is 5.75 Å². The maximum Gasteiger partial charge on any atom is 0.120 e. The lowest BCUT2D eigenvalue weighted by atomic mass is 9.91. The highest BCUT2D eigenvalue weighted by Crippen LogP contribution is 2.34. The average Bonchev–Trinajstić information content (AvgIpc) is 2.28. The Kier molecular flexibility index (Phi) is 2.84. The largest absolute Gasteiger partial charge is 0.508 e. The van der Waals surface area contributed by atoms with Gasteiger partial charge in [-0.15, -0.1) is 0 Å². The zero-order valence-electron chi connectivity index (χ0n) is 9.64. The van der Waals surface area contributed by atoms with Gasteiger partial charge in [-0.2, -0.15) is 0 Å². The second-order valence-electron chi connectivity index (χ2n) is 4.49. The number of rotatable bonds is 2.